The number of quaternary nitrogens is 1. The molecule has 3 aliphatic heterocycles. The van der Waals surface area contributed by atoms with Crippen LogP contribution in [0.25, 0.3) is 11.1 Å². The first-order valence-electron chi connectivity index (χ1n) is 8.56. The first-order chi connectivity index (χ1) is 11.7. The van der Waals surface area contributed by atoms with Crippen molar-refractivity contribution in [1.29, 1.82) is 0 Å². The maximum Gasteiger partial charge on any atom is 0.166 e. The molecule has 5 heteroatoms. The number of hydrogen-bond acceptors (Lipinski definition) is 2. The lowest BCUT2D eigenvalue weighted by molar-refractivity contribution is 0.270. The first kappa shape index (κ1) is 17.4. The van der Waals surface area contributed by atoms with Crippen LogP contribution in [-0.4, -0.2) is 25.0 Å². The summed E-state index contributed by atoms with van der Waals surface area (Å²) in [7, 11) is 2.28. The summed E-state index contributed by atoms with van der Waals surface area (Å²) in [5, 5.41) is 2.26. The third-order valence-electron chi connectivity index (χ3n) is 5.63. The van der Waals surface area contributed by atoms with E-state index < -0.39 is 0 Å². The van der Waals surface area contributed by atoms with Crippen LogP contribution in [0.3, 0.4) is 0 Å². The van der Waals surface area contributed by atoms with Crippen LogP contribution in [0.4, 0.5) is 10.1 Å². The van der Waals surface area contributed by atoms with Gasteiger partial charge < -0.3 is 0 Å². The van der Waals surface area contributed by atoms with E-state index in [-0.39, 0.29) is 29.8 Å². The van der Waals surface area contributed by atoms with Crippen LogP contribution in [0.15, 0.2) is 53.7 Å². The molecule has 3 aliphatic rings. The van der Waals surface area contributed by atoms with Crippen molar-refractivity contribution in [3.63, 3.8) is 0 Å². The van der Waals surface area contributed by atoms with Crippen LogP contribution in [0.5, 0.6) is 0 Å². The van der Waals surface area contributed by atoms with Gasteiger partial charge in [0.05, 0.1) is 17.5 Å². The van der Waals surface area contributed by atoms with E-state index in [2.05, 4.69) is 35.7 Å². The minimum Gasteiger partial charge on any atom is -0.287 e. The van der Waals surface area contributed by atoms with E-state index in [1.165, 1.54) is 47.8 Å². The zero-order valence-electron chi connectivity index (χ0n) is 14.1. The first-order valence-corrected chi connectivity index (χ1v) is 9.44. The maximum absolute atomic E-state index is 13.3. The third kappa shape index (κ3) is 2.47. The molecule has 1 saturated heterocycles. The SMILES string of the molecule is C[N+]12C=CC=C1C(N1CCCC1)c1scc(-c3ccc(F)cc3)c12.I. The summed E-state index contributed by atoms with van der Waals surface area (Å²) in [5.41, 5.74) is 5.19. The third-order valence-corrected chi connectivity index (χ3v) is 6.66. The zero-order valence-corrected chi connectivity index (χ0v) is 17.3. The predicted octanol–water partition coefficient (Wildman–Crippen LogP) is 5.67. The van der Waals surface area contributed by atoms with E-state index in [1.54, 1.807) is 12.1 Å². The number of likely N-dealkylation sites (N-methyl/N-ethyl adjacent to an activating group) is 1. The van der Waals surface area contributed by atoms with Crippen LogP contribution in [0.1, 0.15) is 23.8 Å². The second-order valence-electron chi connectivity index (χ2n) is 7.02. The lowest BCUT2D eigenvalue weighted by Gasteiger charge is -2.28. The van der Waals surface area contributed by atoms with Gasteiger partial charge in [0, 0.05) is 11.5 Å². The Kier molecular flexibility index (Phi) is 4.38. The molecule has 4 heterocycles. The average molecular weight is 467 g/mol. The minimum absolute atomic E-state index is 0. The van der Waals surface area contributed by atoms with E-state index in [9.17, 15) is 4.39 Å². The fourth-order valence-electron chi connectivity index (χ4n) is 4.46. The maximum atomic E-state index is 13.3. The number of hydrogen-bond donors (Lipinski definition) is 0. The summed E-state index contributed by atoms with van der Waals surface area (Å²) in [6.45, 7) is 2.37. The molecule has 0 spiro atoms. The molecule has 0 N–H and O–H groups in total. The largest absolute Gasteiger partial charge is 0.287 e. The lowest BCUT2D eigenvalue weighted by Crippen LogP contribution is -2.37. The number of rotatable bonds is 2. The minimum atomic E-state index is -0.178. The van der Waals surface area contributed by atoms with Crippen molar-refractivity contribution in [2.24, 2.45) is 0 Å². The molecule has 0 saturated carbocycles. The van der Waals surface area contributed by atoms with Crippen molar-refractivity contribution < 1.29 is 4.39 Å². The van der Waals surface area contributed by atoms with Crippen molar-refractivity contribution in [1.82, 2.24) is 9.38 Å². The van der Waals surface area contributed by atoms with Gasteiger partial charge in [0.1, 0.15) is 23.8 Å². The smallest absolute Gasteiger partial charge is 0.166 e. The molecule has 0 radical (unpaired) electrons. The molecule has 2 unspecified atom stereocenters. The molecule has 25 heavy (non-hydrogen) atoms. The number of halogens is 2. The highest BCUT2D eigenvalue weighted by Gasteiger charge is 2.52. The quantitative estimate of drug-likeness (QED) is 0.407. The van der Waals surface area contributed by atoms with Gasteiger partial charge in [-0.15, -0.1) is 35.3 Å². The molecule has 0 aliphatic carbocycles. The van der Waals surface area contributed by atoms with Gasteiger partial charge in [-0.3, -0.25) is 4.90 Å². The summed E-state index contributed by atoms with van der Waals surface area (Å²) in [5.74, 6) is -0.178. The fourth-order valence-corrected chi connectivity index (χ4v) is 5.77. The number of thiophene rings is 1. The van der Waals surface area contributed by atoms with Crippen molar-refractivity contribution in [2.75, 3.05) is 20.1 Å². The second kappa shape index (κ2) is 6.30. The monoisotopic (exact) mass is 467 g/mol. The molecule has 2 nitrogen and oxygen atoms in total. The van der Waals surface area contributed by atoms with Crippen LogP contribution in [-0.2, 0) is 0 Å². The van der Waals surface area contributed by atoms with Crippen molar-refractivity contribution >= 4 is 41.0 Å². The fraction of sp³-hybridized carbons (Fsp3) is 0.300. The Morgan fingerprint density at radius 1 is 1.16 bits per heavy atom. The van der Waals surface area contributed by atoms with Crippen LogP contribution in [0.2, 0.25) is 0 Å². The van der Waals surface area contributed by atoms with Crippen molar-refractivity contribution in [3.05, 3.63) is 64.4 Å². The number of fused-ring (bicyclic) bond motifs is 3. The molecule has 1 fully saturated rings. The highest BCUT2D eigenvalue weighted by Crippen LogP contribution is 2.58. The Balaban J connectivity index is 0.00000157. The Morgan fingerprint density at radius 3 is 2.60 bits per heavy atom. The Bertz CT molecular complexity index is 864. The molecule has 0 bridgehead atoms. The summed E-state index contributed by atoms with van der Waals surface area (Å²) in [6, 6.07) is 7.32. The number of benzene rings is 1. The van der Waals surface area contributed by atoms with E-state index in [4.69, 9.17) is 0 Å². The summed E-state index contributed by atoms with van der Waals surface area (Å²) in [4.78, 5) is 4.10. The van der Waals surface area contributed by atoms with Gasteiger partial charge in [0.25, 0.3) is 0 Å². The molecule has 1 aromatic heterocycles. The standard InChI is InChI=1S/C20H20FN2S.HI/c1-23-12-4-5-17(23)18(22-10-2-3-11-22)20-19(23)16(13-24-20)14-6-8-15(21)9-7-14;/h4-9,12-13,18H,2-3,10-11H2,1H3;1H/q+1;. The van der Waals surface area contributed by atoms with Gasteiger partial charge in [-0.05, 0) is 49.7 Å². The van der Waals surface area contributed by atoms with Crippen LogP contribution < -0.4 is 4.48 Å². The number of allylic oxidation sites excluding steroid dienone is 2. The van der Waals surface area contributed by atoms with Gasteiger partial charge in [0.2, 0.25) is 0 Å². The highest BCUT2D eigenvalue weighted by atomic mass is 127. The van der Waals surface area contributed by atoms with E-state index in [1.807, 2.05) is 23.5 Å². The normalized spacial score (nSPS) is 27.1. The molecular weight excluding hydrogens is 446 g/mol. The van der Waals surface area contributed by atoms with E-state index in [0.29, 0.717) is 6.04 Å². The van der Waals surface area contributed by atoms with Crippen LogP contribution in [0, 0.1) is 5.82 Å². The van der Waals surface area contributed by atoms with Gasteiger partial charge in [0.15, 0.2) is 5.69 Å². The lowest BCUT2D eigenvalue weighted by atomic mass is 10.1. The molecule has 1 aromatic carbocycles. The average Bonchev–Trinajstić information content (AvgIpc) is 3.31. The zero-order chi connectivity index (χ0) is 16.3. The summed E-state index contributed by atoms with van der Waals surface area (Å²) in [6.07, 6.45) is 9.36. The Morgan fingerprint density at radius 2 is 1.88 bits per heavy atom. The van der Waals surface area contributed by atoms with E-state index >= 15 is 0 Å². The van der Waals surface area contributed by atoms with Gasteiger partial charge >= 0.3 is 0 Å². The number of nitrogens with zero attached hydrogens (tertiary/aromatic N) is 2. The highest BCUT2D eigenvalue weighted by molar-refractivity contribution is 14.0. The summed E-state index contributed by atoms with van der Waals surface area (Å²) < 4.78 is 14.1. The van der Waals surface area contributed by atoms with Gasteiger partial charge in [-0.1, -0.05) is 12.1 Å². The molecule has 2 atom stereocenters. The Hall–Kier alpha value is -1.02. The molecular formula is C20H21FIN2S+. The van der Waals surface area contributed by atoms with Crippen molar-refractivity contribution in [2.45, 2.75) is 18.9 Å². The molecule has 0 amide bonds. The predicted molar refractivity (Wildman–Crippen MR) is 114 cm³/mol. The molecule has 2 aromatic rings. The van der Waals surface area contributed by atoms with Gasteiger partial charge in [-0.2, -0.15) is 0 Å². The molecule has 5 rings (SSSR count). The van der Waals surface area contributed by atoms with Crippen LogP contribution >= 0.6 is 35.3 Å². The van der Waals surface area contributed by atoms with Crippen molar-refractivity contribution in [3.8, 4) is 11.1 Å². The number of likely N-dealkylation sites (tertiary alicyclic amines) is 1. The Labute approximate surface area is 168 Å². The van der Waals surface area contributed by atoms with Gasteiger partial charge in [-0.25, -0.2) is 8.87 Å². The second-order valence-corrected chi connectivity index (χ2v) is 7.93. The summed E-state index contributed by atoms with van der Waals surface area (Å²) >= 11 is 1.86. The topological polar surface area (TPSA) is 3.24 Å². The molecule has 130 valence electrons. The van der Waals surface area contributed by atoms with E-state index in [0.717, 1.165) is 10.0 Å².